The highest BCUT2D eigenvalue weighted by Gasteiger charge is 2.30. The van der Waals surface area contributed by atoms with Crippen LogP contribution in [0.15, 0.2) is 42.5 Å². The van der Waals surface area contributed by atoms with Crippen LogP contribution >= 0.6 is 0 Å². The summed E-state index contributed by atoms with van der Waals surface area (Å²) in [5.74, 6) is -1.99. The fraction of sp³-hybridized carbons (Fsp3) is 0.133. The van der Waals surface area contributed by atoms with Crippen molar-refractivity contribution in [3.8, 4) is 0 Å². The lowest BCUT2D eigenvalue weighted by atomic mass is 10.0. The van der Waals surface area contributed by atoms with Gasteiger partial charge in [0.15, 0.2) is 11.6 Å². The molecule has 20 heavy (non-hydrogen) atoms. The number of nitrogens with zero attached hydrogens (tertiary/aromatic N) is 1. The molecule has 102 valence electrons. The number of carbonyl (C=O) groups excluding carboxylic acids is 1. The maximum Gasteiger partial charge on any atom is 0.257 e. The van der Waals surface area contributed by atoms with Crippen LogP contribution in [0.5, 0.6) is 0 Å². The topological polar surface area (TPSA) is 32.3 Å². The van der Waals surface area contributed by atoms with E-state index in [1.807, 2.05) is 6.07 Å². The van der Waals surface area contributed by atoms with Crippen LogP contribution in [0.3, 0.4) is 0 Å². The van der Waals surface area contributed by atoms with Crippen LogP contribution in [-0.4, -0.2) is 17.9 Å². The van der Waals surface area contributed by atoms with Crippen LogP contribution in [0.25, 0.3) is 0 Å². The zero-order chi connectivity index (χ0) is 14.3. The predicted molar refractivity (Wildman–Crippen MR) is 71.3 cm³/mol. The van der Waals surface area contributed by atoms with Gasteiger partial charge in [-0.3, -0.25) is 4.79 Å². The summed E-state index contributed by atoms with van der Waals surface area (Å²) in [5.41, 5.74) is 1.74. The fourth-order valence-electron chi connectivity index (χ4n) is 2.34. The molecule has 0 saturated carbocycles. The number of benzene rings is 2. The molecule has 1 aliphatic rings. The summed E-state index contributed by atoms with van der Waals surface area (Å²) in [6, 6.07) is 10.7. The van der Waals surface area contributed by atoms with Crippen molar-refractivity contribution in [1.29, 1.82) is 0 Å². The molecule has 1 atom stereocenters. The summed E-state index contributed by atoms with van der Waals surface area (Å²) in [7, 11) is 1.62. The third kappa shape index (κ3) is 1.91. The number of rotatable bonds is 1. The minimum Gasteiger partial charge on any atom is -0.361 e. The summed E-state index contributed by atoms with van der Waals surface area (Å²) in [6.45, 7) is 0. The summed E-state index contributed by atoms with van der Waals surface area (Å²) in [4.78, 5) is 13.7. The smallest absolute Gasteiger partial charge is 0.257 e. The van der Waals surface area contributed by atoms with Crippen LogP contribution in [-0.2, 0) is 0 Å². The van der Waals surface area contributed by atoms with Gasteiger partial charge in [-0.05, 0) is 29.8 Å². The van der Waals surface area contributed by atoms with Crippen LogP contribution in [0.4, 0.5) is 14.5 Å². The Balaban J connectivity index is 2.03. The molecule has 1 unspecified atom stereocenters. The Hall–Kier alpha value is -2.43. The lowest BCUT2D eigenvalue weighted by Crippen LogP contribution is -2.40. The van der Waals surface area contributed by atoms with Gasteiger partial charge in [0, 0.05) is 12.7 Å². The van der Waals surface area contributed by atoms with E-state index in [1.165, 1.54) is 11.0 Å². The zero-order valence-corrected chi connectivity index (χ0v) is 10.7. The van der Waals surface area contributed by atoms with Gasteiger partial charge in [0.05, 0.1) is 5.56 Å². The van der Waals surface area contributed by atoms with Crippen molar-refractivity contribution in [3.63, 3.8) is 0 Å². The van der Waals surface area contributed by atoms with Crippen molar-refractivity contribution in [2.24, 2.45) is 0 Å². The van der Waals surface area contributed by atoms with E-state index in [-0.39, 0.29) is 5.91 Å². The zero-order valence-electron chi connectivity index (χ0n) is 10.7. The molecular formula is C15H12F2N2O. The fourth-order valence-corrected chi connectivity index (χ4v) is 2.34. The monoisotopic (exact) mass is 274 g/mol. The molecule has 0 fully saturated rings. The first-order chi connectivity index (χ1) is 9.58. The standard InChI is InChI=1S/C15H12F2N2O/c1-19-14(9-6-7-11(16)12(17)8-9)18-13-5-3-2-4-10(13)15(19)20/h2-8,14,18H,1H3. The van der Waals surface area contributed by atoms with E-state index in [1.54, 1.807) is 25.2 Å². The second-order valence-corrected chi connectivity index (χ2v) is 4.68. The molecule has 3 rings (SSSR count). The molecule has 0 saturated heterocycles. The Labute approximate surface area is 114 Å². The summed E-state index contributed by atoms with van der Waals surface area (Å²) < 4.78 is 26.4. The van der Waals surface area contributed by atoms with Crippen LogP contribution in [0.1, 0.15) is 22.1 Å². The Kier molecular flexibility index (Phi) is 2.89. The summed E-state index contributed by atoms with van der Waals surface area (Å²) >= 11 is 0. The first-order valence-corrected chi connectivity index (χ1v) is 6.15. The van der Waals surface area contributed by atoms with Gasteiger partial charge in [0.25, 0.3) is 5.91 Å². The van der Waals surface area contributed by atoms with E-state index >= 15 is 0 Å². The van der Waals surface area contributed by atoms with Gasteiger partial charge >= 0.3 is 0 Å². The molecule has 0 spiro atoms. The molecule has 1 N–H and O–H groups in total. The van der Waals surface area contributed by atoms with Crippen LogP contribution < -0.4 is 5.32 Å². The molecule has 3 nitrogen and oxygen atoms in total. The van der Waals surface area contributed by atoms with E-state index in [2.05, 4.69) is 5.32 Å². The lowest BCUT2D eigenvalue weighted by molar-refractivity contribution is 0.0735. The second kappa shape index (κ2) is 4.59. The first-order valence-electron chi connectivity index (χ1n) is 6.15. The molecule has 0 bridgehead atoms. The average molecular weight is 274 g/mol. The van der Waals surface area contributed by atoms with E-state index in [0.29, 0.717) is 16.8 Å². The number of anilines is 1. The maximum absolute atomic E-state index is 13.3. The molecule has 0 aromatic heterocycles. The number of hydrogen-bond donors (Lipinski definition) is 1. The van der Waals surface area contributed by atoms with Crippen molar-refractivity contribution in [3.05, 3.63) is 65.2 Å². The highest BCUT2D eigenvalue weighted by atomic mass is 19.2. The maximum atomic E-state index is 13.3. The quantitative estimate of drug-likeness (QED) is 0.866. The minimum absolute atomic E-state index is 0.158. The molecule has 0 aliphatic carbocycles. The van der Waals surface area contributed by atoms with Gasteiger partial charge in [-0.1, -0.05) is 18.2 Å². The van der Waals surface area contributed by atoms with E-state index in [9.17, 15) is 13.6 Å². The molecule has 2 aromatic rings. The normalized spacial score (nSPS) is 17.6. The average Bonchev–Trinajstić information content (AvgIpc) is 2.46. The molecule has 1 aliphatic heterocycles. The predicted octanol–water partition coefficient (Wildman–Crippen LogP) is 3.16. The number of amides is 1. The summed E-state index contributed by atoms with van der Waals surface area (Å²) in [6.07, 6.45) is -0.521. The van der Waals surface area contributed by atoms with Crippen LogP contribution in [0, 0.1) is 11.6 Å². The van der Waals surface area contributed by atoms with Crippen molar-refractivity contribution in [2.75, 3.05) is 12.4 Å². The number of carbonyl (C=O) groups is 1. The van der Waals surface area contributed by atoms with E-state index in [4.69, 9.17) is 0 Å². The molecule has 1 heterocycles. The Morgan fingerprint density at radius 1 is 1.10 bits per heavy atom. The highest BCUT2D eigenvalue weighted by Crippen LogP contribution is 2.32. The molecule has 5 heteroatoms. The number of halogens is 2. The largest absolute Gasteiger partial charge is 0.361 e. The van der Waals surface area contributed by atoms with Crippen molar-refractivity contribution in [1.82, 2.24) is 4.90 Å². The van der Waals surface area contributed by atoms with Gasteiger partial charge in [0.1, 0.15) is 6.17 Å². The van der Waals surface area contributed by atoms with Gasteiger partial charge in [-0.2, -0.15) is 0 Å². The number of hydrogen-bond acceptors (Lipinski definition) is 2. The highest BCUT2D eigenvalue weighted by molar-refractivity contribution is 6.01. The minimum atomic E-state index is -0.927. The van der Waals surface area contributed by atoms with E-state index < -0.39 is 17.8 Å². The molecule has 0 radical (unpaired) electrons. The molecule has 1 amide bonds. The first kappa shape index (κ1) is 12.6. The second-order valence-electron chi connectivity index (χ2n) is 4.68. The molecule has 2 aromatic carbocycles. The third-order valence-corrected chi connectivity index (χ3v) is 3.42. The van der Waals surface area contributed by atoms with Gasteiger partial charge in [-0.15, -0.1) is 0 Å². The van der Waals surface area contributed by atoms with Gasteiger partial charge in [0.2, 0.25) is 0 Å². The Morgan fingerprint density at radius 3 is 2.60 bits per heavy atom. The van der Waals surface area contributed by atoms with Crippen molar-refractivity contribution in [2.45, 2.75) is 6.17 Å². The van der Waals surface area contributed by atoms with Gasteiger partial charge < -0.3 is 10.2 Å². The lowest BCUT2D eigenvalue weighted by Gasteiger charge is -2.35. The molecular weight excluding hydrogens is 262 g/mol. The van der Waals surface area contributed by atoms with Gasteiger partial charge in [-0.25, -0.2) is 8.78 Å². The number of nitrogens with one attached hydrogen (secondary N) is 1. The third-order valence-electron chi connectivity index (χ3n) is 3.42. The Bertz CT molecular complexity index is 687. The van der Waals surface area contributed by atoms with Crippen LogP contribution in [0.2, 0.25) is 0 Å². The van der Waals surface area contributed by atoms with E-state index in [0.717, 1.165) is 12.1 Å². The van der Waals surface area contributed by atoms with Crippen molar-refractivity contribution < 1.29 is 13.6 Å². The number of para-hydroxylation sites is 1. The summed E-state index contributed by atoms with van der Waals surface area (Å²) in [5, 5.41) is 3.16. The number of fused-ring (bicyclic) bond motifs is 1. The SMILES string of the molecule is CN1C(=O)c2ccccc2NC1c1ccc(F)c(F)c1. The Morgan fingerprint density at radius 2 is 1.85 bits per heavy atom. The van der Waals surface area contributed by atoms with Crippen molar-refractivity contribution >= 4 is 11.6 Å².